The van der Waals surface area contributed by atoms with E-state index in [4.69, 9.17) is 15.2 Å². The second-order valence-electron chi connectivity index (χ2n) is 5.44. The van der Waals surface area contributed by atoms with Crippen molar-refractivity contribution >= 4 is 5.82 Å². The molecule has 1 saturated carbocycles. The van der Waals surface area contributed by atoms with Crippen molar-refractivity contribution in [3.05, 3.63) is 12.4 Å². The lowest BCUT2D eigenvalue weighted by molar-refractivity contribution is 0.00520. The third-order valence-corrected chi connectivity index (χ3v) is 3.73. The molecule has 1 aliphatic heterocycles. The Hall–Kier alpha value is -1.40. The number of rotatable bonds is 4. The first-order valence-corrected chi connectivity index (χ1v) is 6.77. The Labute approximate surface area is 112 Å². The van der Waals surface area contributed by atoms with Gasteiger partial charge in [0.25, 0.3) is 0 Å². The molecule has 2 aliphatic rings. The number of aromatic nitrogens is 2. The largest absolute Gasteiger partial charge is 0.474 e. The highest BCUT2D eigenvalue weighted by atomic mass is 16.5. The molecule has 4 atom stereocenters. The van der Waals surface area contributed by atoms with Crippen molar-refractivity contribution in [2.45, 2.75) is 44.6 Å². The standard InChI is InChI=1S/C13H20N4O2/c1-7(2)19-10-6-15-5-9(16-10)17-12-11(14)8-3-4-18-13(8)12/h5-8,11-13H,3-4,14H2,1-2H3,(H,16,17). The van der Waals surface area contributed by atoms with Gasteiger partial charge in [-0.15, -0.1) is 0 Å². The van der Waals surface area contributed by atoms with E-state index in [9.17, 15) is 0 Å². The number of hydrogen-bond acceptors (Lipinski definition) is 6. The normalized spacial score (nSPS) is 32.8. The van der Waals surface area contributed by atoms with Crippen molar-refractivity contribution in [1.82, 2.24) is 9.97 Å². The summed E-state index contributed by atoms with van der Waals surface area (Å²) in [6.45, 7) is 4.73. The molecule has 2 heterocycles. The van der Waals surface area contributed by atoms with Crippen LogP contribution in [-0.2, 0) is 4.74 Å². The van der Waals surface area contributed by atoms with Crippen LogP contribution >= 0.6 is 0 Å². The molecule has 0 bridgehead atoms. The molecule has 1 aromatic heterocycles. The first-order chi connectivity index (χ1) is 9.15. The molecule has 0 amide bonds. The van der Waals surface area contributed by atoms with Crippen LogP contribution in [0.25, 0.3) is 0 Å². The minimum Gasteiger partial charge on any atom is -0.474 e. The van der Waals surface area contributed by atoms with E-state index in [0.29, 0.717) is 17.6 Å². The number of fused-ring (bicyclic) bond motifs is 1. The van der Waals surface area contributed by atoms with Crippen molar-refractivity contribution in [3.8, 4) is 5.88 Å². The fraction of sp³-hybridized carbons (Fsp3) is 0.692. The Morgan fingerprint density at radius 2 is 2.32 bits per heavy atom. The molecule has 1 saturated heterocycles. The Kier molecular flexibility index (Phi) is 3.28. The van der Waals surface area contributed by atoms with E-state index in [1.807, 2.05) is 13.8 Å². The van der Waals surface area contributed by atoms with Crippen LogP contribution in [0.3, 0.4) is 0 Å². The molecular weight excluding hydrogens is 244 g/mol. The third-order valence-electron chi connectivity index (χ3n) is 3.73. The SMILES string of the molecule is CC(C)Oc1cncc(NC2C(N)C3CCOC32)n1. The lowest BCUT2D eigenvalue weighted by Gasteiger charge is -2.45. The molecule has 104 valence electrons. The summed E-state index contributed by atoms with van der Waals surface area (Å²) in [4.78, 5) is 8.50. The zero-order chi connectivity index (χ0) is 13.4. The average Bonchev–Trinajstić information content (AvgIpc) is 2.80. The summed E-state index contributed by atoms with van der Waals surface area (Å²) < 4.78 is 11.2. The van der Waals surface area contributed by atoms with Gasteiger partial charge in [-0.25, -0.2) is 0 Å². The van der Waals surface area contributed by atoms with Crippen LogP contribution in [0.1, 0.15) is 20.3 Å². The number of anilines is 1. The molecule has 3 N–H and O–H groups in total. The van der Waals surface area contributed by atoms with Crippen molar-refractivity contribution in [1.29, 1.82) is 0 Å². The highest BCUT2D eigenvalue weighted by Crippen LogP contribution is 2.39. The maximum absolute atomic E-state index is 6.15. The van der Waals surface area contributed by atoms with Crippen LogP contribution in [0, 0.1) is 5.92 Å². The van der Waals surface area contributed by atoms with Gasteiger partial charge in [0.1, 0.15) is 5.82 Å². The Balaban J connectivity index is 1.66. The minimum atomic E-state index is 0.0815. The summed E-state index contributed by atoms with van der Waals surface area (Å²) in [5.41, 5.74) is 6.15. The molecule has 0 spiro atoms. The zero-order valence-electron chi connectivity index (χ0n) is 11.2. The topological polar surface area (TPSA) is 82.3 Å². The maximum Gasteiger partial charge on any atom is 0.234 e. The fourth-order valence-electron chi connectivity index (χ4n) is 2.81. The van der Waals surface area contributed by atoms with Gasteiger partial charge in [-0.1, -0.05) is 0 Å². The number of hydrogen-bond donors (Lipinski definition) is 2. The lowest BCUT2D eigenvalue weighted by Crippen LogP contribution is -2.65. The number of ether oxygens (including phenoxy) is 2. The van der Waals surface area contributed by atoms with Crippen LogP contribution in [0.5, 0.6) is 5.88 Å². The van der Waals surface area contributed by atoms with Gasteiger partial charge in [0.05, 0.1) is 30.6 Å². The van der Waals surface area contributed by atoms with Crippen LogP contribution in [0.2, 0.25) is 0 Å². The molecule has 3 rings (SSSR count). The molecule has 6 nitrogen and oxygen atoms in total. The summed E-state index contributed by atoms with van der Waals surface area (Å²) >= 11 is 0. The first kappa shape index (κ1) is 12.6. The molecule has 1 aliphatic carbocycles. The van der Waals surface area contributed by atoms with Crippen LogP contribution in [0.15, 0.2) is 12.4 Å². The van der Waals surface area contributed by atoms with Crippen molar-refractivity contribution in [2.75, 3.05) is 11.9 Å². The van der Waals surface area contributed by atoms with Crippen molar-refractivity contribution in [3.63, 3.8) is 0 Å². The summed E-state index contributed by atoms with van der Waals surface area (Å²) in [5.74, 6) is 1.70. The third kappa shape index (κ3) is 2.37. The summed E-state index contributed by atoms with van der Waals surface area (Å²) in [7, 11) is 0. The average molecular weight is 264 g/mol. The lowest BCUT2D eigenvalue weighted by atomic mass is 9.72. The van der Waals surface area contributed by atoms with Crippen LogP contribution < -0.4 is 15.8 Å². The summed E-state index contributed by atoms with van der Waals surface area (Å²) in [6.07, 6.45) is 4.65. The van der Waals surface area contributed by atoms with Gasteiger partial charge in [-0.05, 0) is 20.3 Å². The van der Waals surface area contributed by atoms with Gasteiger partial charge in [-0.2, -0.15) is 4.98 Å². The van der Waals surface area contributed by atoms with Gasteiger partial charge >= 0.3 is 0 Å². The highest BCUT2D eigenvalue weighted by molar-refractivity contribution is 5.38. The molecule has 0 radical (unpaired) electrons. The van der Waals surface area contributed by atoms with E-state index in [1.54, 1.807) is 12.4 Å². The van der Waals surface area contributed by atoms with E-state index in [2.05, 4.69) is 15.3 Å². The quantitative estimate of drug-likeness (QED) is 0.836. The maximum atomic E-state index is 6.15. The second kappa shape index (κ2) is 4.94. The van der Waals surface area contributed by atoms with E-state index >= 15 is 0 Å². The molecule has 4 unspecified atom stereocenters. The van der Waals surface area contributed by atoms with Gasteiger partial charge < -0.3 is 20.5 Å². The van der Waals surface area contributed by atoms with Gasteiger partial charge in [0.2, 0.25) is 5.88 Å². The van der Waals surface area contributed by atoms with E-state index in [-0.39, 0.29) is 24.3 Å². The van der Waals surface area contributed by atoms with E-state index in [0.717, 1.165) is 13.0 Å². The molecule has 1 aromatic rings. The number of nitrogens with two attached hydrogens (primary N) is 1. The molecular formula is C13H20N4O2. The number of nitrogens with one attached hydrogen (secondary N) is 1. The predicted molar refractivity (Wildman–Crippen MR) is 71.0 cm³/mol. The number of nitrogens with zero attached hydrogens (tertiary/aromatic N) is 2. The predicted octanol–water partition coefficient (Wildman–Crippen LogP) is 0.790. The van der Waals surface area contributed by atoms with Crippen LogP contribution in [0.4, 0.5) is 5.82 Å². The molecule has 2 fully saturated rings. The Bertz CT molecular complexity index is 454. The van der Waals surface area contributed by atoms with Crippen molar-refractivity contribution in [2.24, 2.45) is 11.7 Å². The summed E-state index contributed by atoms with van der Waals surface area (Å²) in [5, 5.41) is 3.31. The smallest absolute Gasteiger partial charge is 0.234 e. The van der Waals surface area contributed by atoms with Gasteiger partial charge in [0.15, 0.2) is 0 Å². The van der Waals surface area contributed by atoms with E-state index < -0.39 is 0 Å². The fourth-order valence-corrected chi connectivity index (χ4v) is 2.81. The summed E-state index contributed by atoms with van der Waals surface area (Å²) in [6, 6.07) is 0.250. The monoisotopic (exact) mass is 264 g/mol. The Morgan fingerprint density at radius 3 is 3.11 bits per heavy atom. The van der Waals surface area contributed by atoms with Gasteiger partial charge in [0, 0.05) is 18.6 Å². The zero-order valence-corrected chi connectivity index (χ0v) is 11.2. The van der Waals surface area contributed by atoms with E-state index in [1.165, 1.54) is 0 Å². The van der Waals surface area contributed by atoms with Crippen LogP contribution in [-0.4, -0.2) is 40.9 Å². The highest BCUT2D eigenvalue weighted by Gasteiger charge is 2.52. The molecule has 6 heteroatoms. The second-order valence-corrected chi connectivity index (χ2v) is 5.44. The minimum absolute atomic E-state index is 0.0815. The first-order valence-electron chi connectivity index (χ1n) is 6.77. The van der Waals surface area contributed by atoms with Gasteiger partial charge in [-0.3, -0.25) is 4.98 Å². The molecule has 0 aromatic carbocycles. The van der Waals surface area contributed by atoms with Crippen molar-refractivity contribution < 1.29 is 9.47 Å². The Morgan fingerprint density at radius 1 is 1.47 bits per heavy atom. The molecule has 19 heavy (non-hydrogen) atoms.